The number of para-hydroxylation sites is 1. The zero-order valence-corrected chi connectivity index (χ0v) is 13.2. The molecule has 0 amide bonds. The summed E-state index contributed by atoms with van der Waals surface area (Å²) in [4.78, 5) is 0. The molecule has 1 aromatic heterocycles. The number of nitrogens with zero attached hydrogens (tertiary/aromatic N) is 3. The summed E-state index contributed by atoms with van der Waals surface area (Å²) in [5, 5.41) is 21.2. The predicted octanol–water partition coefficient (Wildman–Crippen LogP) is 4.45. The average molecular weight is 324 g/mol. The maximum absolute atomic E-state index is 8.91. The molecular formula is C16H12N4S2. The first-order valence-electron chi connectivity index (χ1n) is 6.61. The quantitative estimate of drug-likeness (QED) is 0.703. The Morgan fingerprint density at radius 2 is 1.95 bits per heavy atom. The van der Waals surface area contributed by atoms with Crippen molar-refractivity contribution in [1.29, 1.82) is 5.26 Å². The lowest BCUT2D eigenvalue weighted by atomic mass is 10.2. The van der Waals surface area contributed by atoms with Crippen LogP contribution in [0.2, 0.25) is 0 Å². The summed E-state index contributed by atoms with van der Waals surface area (Å²) >= 11 is 3.14. The van der Waals surface area contributed by atoms with Crippen molar-refractivity contribution in [3.63, 3.8) is 0 Å². The van der Waals surface area contributed by atoms with Crippen molar-refractivity contribution in [1.82, 2.24) is 10.2 Å². The van der Waals surface area contributed by atoms with Gasteiger partial charge in [0.1, 0.15) is 0 Å². The van der Waals surface area contributed by atoms with Crippen molar-refractivity contribution >= 4 is 33.9 Å². The fourth-order valence-corrected chi connectivity index (χ4v) is 3.55. The highest BCUT2D eigenvalue weighted by Crippen LogP contribution is 2.29. The largest absolute Gasteiger partial charge is 0.330 e. The van der Waals surface area contributed by atoms with Gasteiger partial charge in [-0.1, -0.05) is 53.4 Å². The maximum atomic E-state index is 8.91. The molecule has 0 aliphatic heterocycles. The Morgan fingerprint density at radius 1 is 1.09 bits per heavy atom. The summed E-state index contributed by atoms with van der Waals surface area (Å²) in [7, 11) is 0. The molecular weight excluding hydrogens is 312 g/mol. The standard InChI is InChI=1S/C16H12N4S2/c17-10-12-5-4-6-13(9-12)11-21-16-20-19-15(22-16)18-14-7-2-1-3-8-14/h1-9H,11H2,(H,18,19). The number of nitriles is 1. The highest BCUT2D eigenvalue weighted by atomic mass is 32.2. The topological polar surface area (TPSA) is 61.6 Å². The number of hydrogen-bond donors (Lipinski definition) is 1. The fourth-order valence-electron chi connectivity index (χ4n) is 1.84. The van der Waals surface area contributed by atoms with Gasteiger partial charge in [0.25, 0.3) is 0 Å². The molecule has 0 aliphatic carbocycles. The van der Waals surface area contributed by atoms with Gasteiger partial charge in [-0.25, -0.2) is 0 Å². The summed E-state index contributed by atoms with van der Waals surface area (Å²) in [6.45, 7) is 0. The number of aromatic nitrogens is 2. The zero-order chi connectivity index (χ0) is 15.2. The van der Waals surface area contributed by atoms with E-state index in [1.165, 1.54) is 11.3 Å². The minimum Gasteiger partial charge on any atom is -0.330 e. The molecule has 1 N–H and O–H groups in total. The van der Waals surface area contributed by atoms with Crippen molar-refractivity contribution in [2.24, 2.45) is 0 Å². The second-order valence-corrected chi connectivity index (χ2v) is 6.66. The molecule has 22 heavy (non-hydrogen) atoms. The Balaban J connectivity index is 1.61. The highest BCUT2D eigenvalue weighted by Gasteiger charge is 2.06. The van der Waals surface area contributed by atoms with Crippen LogP contribution < -0.4 is 5.32 Å². The molecule has 0 unspecified atom stereocenters. The molecule has 0 fully saturated rings. The van der Waals surface area contributed by atoms with Gasteiger partial charge < -0.3 is 5.32 Å². The van der Waals surface area contributed by atoms with Crippen LogP contribution in [0.4, 0.5) is 10.8 Å². The van der Waals surface area contributed by atoms with Gasteiger partial charge in [-0.2, -0.15) is 5.26 Å². The molecule has 0 atom stereocenters. The molecule has 3 rings (SSSR count). The number of rotatable bonds is 5. The molecule has 0 bridgehead atoms. The van der Waals surface area contributed by atoms with Gasteiger partial charge in [0, 0.05) is 11.4 Å². The van der Waals surface area contributed by atoms with Gasteiger partial charge in [0.15, 0.2) is 4.34 Å². The van der Waals surface area contributed by atoms with E-state index in [1.807, 2.05) is 48.5 Å². The lowest BCUT2D eigenvalue weighted by Crippen LogP contribution is -1.87. The van der Waals surface area contributed by atoms with E-state index < -0.39 is 0 Å². The molecule has 2 aromatic carbocycles. The van der Waals surface area contributed by atoms with E-state index in [9.17, 15) is 0 Å². The van der Waals surface area contributed by atoms with Crippen molar-refractivity contribution in [2.45, 2.75) is 10.1 Å². The van der Waals surface area contributed by atoms with Crippen LogP contribution in [0.5, 0.6) is 0 Å². The van der Waals surface area contributed by atoms with Crippen LogP contribution in [-0.4, -0.2) is 10.2 Å². The second kappa shape index (κ2) is 7.07. The van der Waals surface area contributed by atoms with Gasteiger partial charge >= 0.3 is 0 Å². The maximum Gasteiger partial charge on any atom is 0.210 e. The first kappa shape index (κ1) is 14.6. The summed E-state index contributed by atoms with van der Waals surface area (Å²) < 4.78 is 0.904. The second-order valence-electron chi connectivity index (χ2n) is 4.47. The van der Waals surface area contributed by atoms with Gasteiger partial charge in [0.05, 0.1) is 11.6 Å². The Bertz CT molecular complexity index is 793. The fraction of sp³-hybridized carbons (Fsp3) is 0.0625. The molecule has 4 nitrogen and oxygen atoms in total. The zero-order valence-electron chi connectivity index (χ0n) is 11.6. The normalized spacial score (nSPS) is 10.1. The lowest BCUT2D eigenvalue weighted by Gasteiger charge is -2.00. The highest BCUT2D eigenvalue weighted by molar-refractivity contribution is 8.00. The van der Waals surface area contributed by atoms with E-state index in [0.29, 0.717) is 5.56 Å². The lowest BCUT2D eigenvalue weighted by molar-refractivity contribution is 1.01. The van der Waals surface area contributed by atoms with Crippen LogP contribution in [0.15, 0.2) is 58.9 Å². The number of thioether (sulfide) groups is 1. The summed E-state index contributed by atoms with van der Waals surface area (Å²) in [6, 6.07) is 19.7. The number of benzene rings is 2. The minimum atomic E-state index is 0.682. The monoisotopic (exact) mass is 324 g/mol. The third-order valence-corrected chi connectivity index (χ3v) is 4.89. The Morgan fingerprint density at radius 3 is 2.77 bits per heavy atom. The van der Waals surface area contributed by atoms with E-state index in [2.05, 4.69) is 21.6 Å². The molecule has 6 heteroatoms. The summed E-state index contributed by atoms with van der Waals surface area (Å²) in [5.74, 6) is 0.773. The van der Waals surface area contributed by atoms with Crippen LogP contribution >= 0.6 is 23.1 Å². The first-order valence-corrected chi connectivity index (χ1v) is 8.41. The summed E-state index contributed by atoms with van der Waals surface area (Å²) in [5.41, 5.74) is 2.79. The van der Waals surface area contributed by atoms with Gasteiger partial charge in [0.2, 0.25) is 5.13 Å². The predicted molar refractivity (Wildman–Crippen MR) is 90.4 cm³/mol. The SMILES string of the molecule is N#Cc1cccc(CSc2nnc(Nc3ccccc3)s2)c1. The van der Waals surface area contributed by atoms with Crippen molar-refractivity contribution in [3.05, 3.63) is 65.7 Å². The molecule has 0 saturated carbocycles. The van der Waals surface area contributed by atoms with Crippen LogP contribution in [0.1, 0.15) is 11.1 Å². The molecule has 0 aliphatic rings. The minimum absolute atomic E-state index is 0.682. The third kappa shape index (κ3) is 3.85. The van der Waals surface area contributed by atoms with E-state index in [4.69, 9.17) is 5.26 Å². The molecule has 0 spiro atoms. The van der Waals surface area contributed by atoms with Crippen LogP contribution in [-0.2, 0) is 5.75 Å². The average Bonchev–Trinajstić information content (AvgIpc) is 3.01. The number of nitrogens with one attached hydrogen (secondary N) is 1. The van der Waals surface area contributed by atoms with Crippen molar-refractivity contribution in [3.8, 4) is 6.07 Å². The summed E-state index contributed by atoms with van der Waals surface area (Å²) in [6.07, 6.45) is 0. The van der Waals surface area contributed by atoms with Crippen molar-refractivity contribution in [2.75, 3.05) is 5.32 Å². The van der Waals surface area contributed by atoms with E-state index in [1.54, 1.807) is 17.8 Å². The van der Waals surface area contributed by atoms with Crippen LogP contribution in [0, 0.1) is 11.3 Å². The van der Waals surface area contributed by atoms with Crippen LogP contribution in [0.3, 0.4) is 0 Å². The number of anilines is 2. The molecule has 0 radical (unpaired) electrons. The Kier molecular flexibility index (Phi) is 4.68. The Hall–Kier alpha value is -2.36. The smallest absolute Gasteiger partial charge is 0.210 e. The molecule has 108 valence electrons. The van der Waals surface area contributed by atoms with Gasteiger partial charge in [-0.05, 0) is 29.8 Å². The molecule has 3 aromatic rings. The number of hydrogen-bond acceptors (Lipinski definition) is 6. The van der Waals surface area contributed by atoms with E-state index >= 15 is 0 Å². The molecule has 1 heterocycles. The van der Waals surface area contributed by atoms with E-state index in [-0.39, 0.29) is 0 Å². The van der Waals surface area contributed by atoms with Crippen molar-refractivity contribution < 1.29 is 0 Å². The van der Waals surface area contributed by atoms with Gasteiger partial charge in [-0.3, -0.25) is 0 Å². The van der Waals surface area contributed by atoms with Gasteiger partial charge in [-0.15, -0.1) is 10.2 Å². The van der Waals surface area contributed by atoms with E-state index in [0.717, 1.165) is 26.5 Å². The molecule has 0 saturated heterocycles. The first-order chi connectivity index (χ1) is 10.8. The van der Waals surface area contributed by atoms with Crippen LogP contribution in [0.25, 0.3) is 0 Å². The Labute approximate surface area is 136 Å². The third-order valence-electron chi connectivity index (χ3n) is 2.85.